The molecule has 0 radical (unpaired) electrons. The summed E-state index contributed by atoms with van der Waals surface area (Å²) < 4.78 is 0. The van der Waals surface area contributed by atoms with Gasteiger partial charge in [-0.1, -0.05) is 18.9 Å². The van der Waals surface area contributed by atoms with Crippen LogP contribution in [-0.4, -0.2) is 35.4 Å². The van der Waals surface area contributed by atoms with E-state index in [0.717, 1.165) is 18.7 Å². The maximum absolute atomic E-state index is 12.4. The highest BCUT2D eigenvalue weighted by Crippen LogP contribution is 2.41. The van der Waals surface area contributed by atoms with Crippen LogP contribution in [0.2, 0.25) is 0 Å². The smallest absolute Gasteiger partial charge is 0.220 e. The van der Waals surface area contributed by atoms with Crippen molar-refractivity contribution in [1.82, 2.24) is 15.2 Å². The Morgan fingerprint density at radius 1 is 1.29 bits per heavy atom. The van der Waals surface area contributed by atoms with Crippen molar-refractivity contribution >= 4 is 5.91 Å². The van der Waals surface area contributed by atoms with Gasteiger partial charge in [-0.2, -0.15) is 0 Å². The highest BCUT2D eigenvalue weighted by atomic mass is 16.1. The summed E-state index contributed by atoms with van der Waals surface area (Å²) in [7, 11) is 0. The van der Waals surface area contributed by atoms with E-state index in [1.807, 2.05) is 12.3 Å². The van der Waals surface area contributed by atoms with Crippen molar-refractivity contribution in [2.75, 3.05) is 19.6 Å². The quantitative estimate of drug-likeness (QED) is 0.831. The third kappa shape index (κ3) is 5.04. The summed E-state index contributed by atoms with van der Waals surface area (Å²) in [6, 6.07) is 4.16. The zero-order valence-electron chi connectivity index (χ0n) is 15.0. The monoisotopic (exact) mass is 329 g/mol. The standard InChI is InChI=1S/C20H31N3O/c1-16-8-6-12-21-19(16)20(17-10-11-17)22-18(24)9-7-15-23-13-4-2-3-5-14-23/h6,8,12,17,20H,2-5,7,9-11,13-15H2,1H3,(H,22,24). The summed E-state index contributed by atoms with van der Waals surface area (Å²) >= 11 is 0. The molecule has 1 unspecified atom stereocenters. The topological polar surface area (TPSA) is 45.2 Å². The molecule has 1 aromatic rings. The number of hydrogen-bond donors (Lipinski definition) is 1. The second-order valence-electron chi connectivity index (χ2n) is 7.45. The number of aromatic nitrogens is 1. The average Bonchev–Trinajstić information content (AvgIpc) is 3.41. The predicted octanol–water partition coefficient (Wildman–Crippen LogP) is 3.61. The third-order valence-electron chi connectivity index (χ3n) is 5.33. The molecular formula is C20H31N3O. The molecule has 1 aliphatic heterocycles. The van der Waals surface area contributed by atoms with Crippen LogP contribution >= 0.6 is 0 Å². The Hall–Kier alpha value is -1.42. The largest absolute Gasteiger partial charge is 0.347 e. The molecule has 4 nitrogen and oxygen atoms in total. The number of nitrogens with zero attached hydrogens (tertiary/aromatic N) is 2. The predicted molar refractivity (Wildman–Crippen MR) is 96.7 cm³/mol. The van der Waals surface area contributed by atoms with Crippen LogP contribution in [0.4, 0.5) is 0 Å². The zero-order chi connectivity index (χ0) is 16.8. The molecule has 1 saturated carbocycles. The van der Waals surface area contributed by atoms with E-state index in [1.54, 1.807) is 0 Å². The fourth-order valence-electron chi connectivity index (χ4n) is 3.73. The highest BCUT2D eigenvalue weighted by molar-refractivity contribution is 5.76. The van der Waals surface area contributed by atoms with Crippen molar-refractivity contribution < 1.29 is 4.79 Å². The van der Waals surface area contributed by atoms with Crippen LogP contribution < -0.4 is 5.32 Å². The Bertz CT molecular complexity index is 533. The van der Waals surface area contributed by atoms with E-state index in [1.165, 1.54) is 57.2 Å². The molecule has 1 atom stereocenters. The van der Waals surface area contributed by atoms with Gasteiger partial charge in [0, 0.05) is 12.6 Å². The normalized spacial score (nSPS) is 20.4. The van der Waals surface area contributed by atoms with E-state index in [-0.39, 0.29) is 11.9 Å². The van der Waals surface area contributed by atoms with Crippen LogP contribution in [0.1, 0.15) is 68.7 Å². The van der Waals surface area contributed by atoms with Gasteiger partial charge in [0.1, 0.15) is 0 Å². The average molecular weight is 329 g/mol. The summed E-state index contributed by atoms with van der Waals surface area (Å²) in [5, 5.41) is 3.27. The Balaban J connectivity index is 1.47. The third-order valence-corrected chi connectivity index (χ3v) is 5.33. The van der Waals surface area contributed by atoms with Crippen LogP contribution in [-0.2, 0) is 4.79 Å². The van der Waals surface area contributed by atoms with Crippen molar-refractivity contribution in [1.29, 1.82) is 0 Å². The van der Waals surface area contributed by atoms with Gasteiger partial charge in [-0.25, -0.2) is 0 Å². The van der Waals surface area contributed by atoms with Gasteiger partial charge >= 0.3 is 0 Å². The van der Waals surface area contributed by atoms with Crippen LogP contribution in [0, 0.1) is 12.8 Å². The van der Waals surface area contributed by atoms with E-state index >= 15 is 0 Å². The second kappa shape index (κ2) is 8.61. The number of carbonyl (C=O) groups is 1. The molecule has 0 bridgehead atoms. The fraction of sp³-hybridized carbons (Fsp3) is 0.700. The van der Waals surface area contributed by atoms with Gasteiger partial charge in [0.25, 0.3) is 0 Å². The Labute approximate surface area is 146 Å². The lowest BCUT2D eigenvalue weighted by Crippen LogP contribution is -2.32. The molecule has 4 heteroatoms. The SMILES string of the molecule is Cc1cccnc1C(NC(=O)CCCN1CCCCCC1)C1CC1. The van der Waals surface area contributed by atoms with E-state index in [4.69, 9.17) is 0 Å². The van der Waals surface area contributed by atoms with Gasteiger partial charge in [-0.05, 0) is 76.2 Å². The van der Waals surface area contributed by atoms with Crippen molar-refractivity contribution in [3.8, 4) is 0 Å². The molecule has 0 spiro atoms. The van der Waals surface area contributed by atoms with E-state index < -0.39 is 0 Å². The summed E-state index contributed by atoms with van der Waals surface area (Å²) in [5.74, 6) is 0.764. The highest BCUT2D eigenvalue weighted by Gasteiger charge is 2.34. The zero-order valence-corrected chi connectivity index (χ0v) is 15.0. The minimum atomic E-state index is 0.108. The minimum Gasteiger partial charge on any atom is -0.347 e. The van der Waals surface area contributed by atoms with E-state index in [0.29, 0.717) is 12.3 Å². The molecule has 2 aliphatic rings. The number of aryl methyl sites for hydroxylation is 1. The van der Waals surface area contributed by atoms with Gasteiger partial charge in [-0.3, -0.25) is 9.78 Å². The molecule has 1 aromatic heterocycles. The molecule has 1 saturated heterocycles. The first-order valence-electron chi connectivity index (χ1n) is 9.67. The second-order valence-corrected chi connectivity index (χ2v) is 7.45. The number of carbonyl (C=O) groups excluding carboxylic acids is 1. The molecule has 3 rings (SSSR count). The van der Waals surface area contributed by atoms with Crippen molar-refractivity contribution in [2.24, 2.45) is 5.92 Å². The van der Waals surface area contributed by atoms with Crippen LogP contribution in [0.3, 0.4) is 0 Å². The Morgan fingerprint density at radius 3 is 2.71 bits per heavy atom. The lowest BCUT2D eigenvalue weighted by Gasteiger charge is -2.21. The van der Waals surface area contributed by atoms with E-state index in [2.05, 4.69) is 28.2 Å². The van der Waals surface area contributed by atoms with Crippen molar-refractivity contribution in [3.63, 3.8) is 0 Å². The molecule has 132 valence electrons. The molecule has 1 N–H and O–H groups in total. The van der Waals surface area contributed by atoms with Crippen LogP contribution in [0.5, 0.6) is 0 Å². The number of likely N-dealkylation sites (tertiary alicyclic amines) is 1. The summed E-state index contributed by atoms with van der Waals surface area (Å²) in [6.07, 6.45) is 11.2. The number of amides is 1. The van der Waals surface area contributed by atoms with E-state index in [9.17, 15) is 4.79 Å². The maximum atomic E-state index is 12.4. The lowest BCUT2D eigenvalue weighted by molar-refractivity contribution is -0.122. The van der Waals surface area contributed by atoms with Gasteiger partial charge in [0.2, 0.25) is 5.91 Å². The number of pyridine rings is 1. The molecule has 0 aromatic carbocycles. The first kappa shape index (κ1) is 17.4. The molecule has 24 heavy (non-hydrogen) atoms. The Kier molecular flexibility index (Phi) is 6.24. The van der Waals surface area contributed by atoms with Gasteiger partial charge in [0.05, 0.1) is 11.7 Å². The first-order chi connectivity index (χ1) is 11.7. The first-order valence-corrected chi connectivity index (χ1v) is 9.67. The van der Waals surface area contributed by atoms with Gasteiger partial charge in [0.15, 0.2) is 0 Å². The van der Waals surface area contributed by atoms with Gasteiger partial charge in [-0.15, -0.1) is 0 Å². The van der Waals surface area contributed by atoms with Crippen LogP contribution in [0.15, 0.2) is 18.3 Å². The van der Waals surface area contributed by atoms with Crippen molar-refractivity contribution in [3.05, 3.63) is 29.6 Å². The minimum absolute atomic E-state index is 0.108. The molecule has 1 aliphatic carbocycles. The molecule has 2 heterocycles. The summed E-state index contributed by atoms with van der Waals surface area (Å²) in [5.41, 5.74) is 2.24. The lowest BCUT2D eigenvalue weighted by atomic mass is 10.0. The maximum Gasteiger partial charge on any atom is 0.220 e. The van der Waals surface area contributed by atoms with Crippen molar-refractivity contribution in [2.45, 2.75) is 64.3 Å². The number of nitrogens with one attached hydrogen (secondary N) is 1. The van der Waals surface area contributed by atoms with Crippen LogP contribution in [0.25, 0.3) is 0 Å². The number of rotatable bonds is 7. The fourth-order valence-corrected chi connectivity index (χ4v) is 3.73. The van der Waals surface area contributed by atoms with Gasteiger partial charge < -0.3 is 10.2 Å². The Morgan fingerprint density at radius 2 is 2.04 bits per heavy atom. The summed E-state index contributed by atoms with van der Waals surface area (Å²) in [6.45, 7) is 5.56. The number of hydrogen-bond acceptors (Lipinski definition) is 3. The molecule has 1 amide bonds. The summed E-state index contributed by atoms with van der Waals surface area (Å²) in [4.78, 5) is 19.5. The molecule has 2 fully saturated rings. The molecular weight excluding hydrogens is 298 g/mol.